The van der Waals surface area contributed by atoms with Crippen LogP contribution in [-0.4, -0.2) is 34.1 Å². The summed E-state index contributed by atoms with van der Waals surface area (Å²) in [5.74, 6) is -0.482. The first-order chi connectivity index (χ1) is 13.1. The van der Waals surface area contributed by atoms with Gasteiger partial charge in [0.05, 0.1) is 11.6 Å². The Hall–Kier alpha value is -3.15. The van der Waals surface area contributed by atoms with Crippen molar-refractivity contribution in [1.29, 1.82) is 0 Å². The van der Waals surface area contributed by atoms with E-state index in [9.17, 15) is 14.7 Å². The van der Waals surface area contributed by atoms with Crippen molar-refractivity contribution >= 4 is 17.5 Å². The van der Waals surface area contributed by atoms with Crippen LogP contribution >= 0.6 is 0 Å². The summed E-state index contributed by atoms with van der Waals surface area (Å²) < 4.78 is 0. The van der Waals surface area contributed by atoms with Gasteiger partial charge in [-0.05, 0) is 41.8 Å². The number of amides is 2. The molecule has 1 unspecified atom stereocenters. The van der Waals surface area contributed by atoms with Crippen LogP contribution in [0.2, 0.25) is 0 Å². The van der Waals surface area contributed by atoms with Crippen LogP contribution in [0.15, 0.2) is 59.7 Å². The average molecular weight is 365 g/mol. The summed E-state index contributed by atoms with van der Waals surface area (Å²) >= 11 is 0. The number of hydrogen-bond donors (Lipinski definition) is 2. The molecule has 2 amide bonds. The molecule has 0 aliphatic carbocycles. The van der Waals surface area contributed by atoms with Crippen molar-refractivity contribution in [3.8, 4) is 5.75 Å². The molecular weight excluding hydrogens is 342 g/mol. The number of aromatic hydroxyl groups is 1. The van der Waals surface area contributed by atoms with E-state index < -0.39 is 5.92 Å². The number of phenols is 1. The van der Waals surface area contributed by atoms with Crippen LogP contribution in [0, 0.1) is 5.92 Å². The molecule has 0 saturated carbocycles. The van der Waals surface area contributed by atoms with E-state index in [1.165, 1.54) is 0 Å². The maximum atomic E-state index is 12.5. The fraction of sp³-hybridized carbons (Fsp3) is 0.286. The van der Waals surface area contributed by atoms with Crippen molar-refractivity contribution in [3.63, 3.8) is 0 Å². The Labute approximate surface area is 158 Å². The van der Waals surface area contributed by atoms with Crippen molar-refractivity contribution in [2.45, 2.75) is 26.3 Å². The molecule has 1 saturated heterocycles. The number of rotatable bonds is 6. The average Bonchev–Trinajstić information content (AvgIpc) is 3.05. The summed E-state index contributed by atoms with van der Waals surface area (Å²) in [6.07, 6.45) is 0.837. The quantitative estimate of drug-likeness (QED) is 0.610. The minimum absolute atomic E-state index is 0.0165. The summed E-state index contributed by atoms with van der Waals surface area (Å²) in [5.41, 5.74) is 5.20. The number of hydrazone groups is 1. The molecule has 1 heterocycles. The van der Waals surface area contributed by atoms with Crippen LogP contribution in [0.25, 0.3) is 0 Å². The number of likely N-dealkylation sites (tertiary alicyclic amines) is 1. The Balaban J connectivity index is 1.60. The lowest BCUT2D eigenvalue weighted by molar-refractivity contribution is -0.129. The lowest BCUT2D eigenvalue weighted by atomic mass is 10.1. The number of carbonyl (C=O) groups excluding carboxylic acids is 2. The second-order valence-corrected chi connectivity index (χ2v) is 6.60. The lowest BCUT2D eigenvalue weighted by Crippen LogP contribution is -2.30. The van der Waals surface area contributed by atoms with Gasteiger partial charge in [-0.3, -0.25) is 9.59 Å². The highest BCUT2D eigenvalue weighted by Crippen LogP contribution is 2.20. The largest absolute Gasteiger partial charge is 0.508 e. The number of hydrogen-bond acceptors (Lipinski definition) is 4. The second-order valence-electron chi connectivity index (χ2n) is 6.60. The first kappa shape index (κ1) is 18.6. The summed E-state index contributed by atoms with van der Waals surface area (Å²) in [6.45, 7) is 2.86. The molecule has 0 radical (unpaired) electrons. The van der Waals surface area contributed by atoms with Gasteiger partial charge in [0.2, 0.25) is 11.8 Å². The summed E-state index contributed by atoms with van der Waals surface area (Å²) in [5, 5.41) is 13.6. The van der Waals surface area contributed by atoms with Gasteiger partial charge in [0.25, 0.3) is 0 Å². The molecule has 1 aliphatic heterocycles. The monoisotopic (exact) mass is 365 g/mol. The SMILES string of the molecule is CC/C(=N\NC(=O)C1CC(=O)N(Cc2ccccc2)C1)c1ccc(O)cc1. The molecule has 140 valence electrons. The maximum absolute atomic E-state index is 12.5. The van der Waals surface area contributed by atoms with Crippen molar-refractivity contribution < 1.29 is 14.7 Å². The molecule has 1 fully saturated rings. The molecule has 27 heavy (non-hydrogen) atoms. The standard InChI is InChI=1S/C21H23N3O3/c1-2-19(16-8-10-18(25)11-9-16)22-23-21(27)17-12-20(26)24(14-17)13-15-6-4-3-5-7-15/h3-11,17,25H,2,12-14H2,1H3,(H,23,27)/b22-19+. The molecule has 0 spiro atoms. The molecule has 1 atom stereocenters. The Morgan fingerprint density at radius 1 is 1.19 bits per heavy atom. The van der Waals surface area contributed by atoms with Gasteiger partial charge >= 0.3 is 0 Å². The normalized spacial score (nSPS) is 17.2. The van der Waals surface area contributed by atoms with Crippen LogP contribution < -0.4 is 5.43 Å². The van der Waals surface area contributed by atoms with Crippen LogP contribution in [0.3, 0.4) is 0 Å². The Morgan fingerprint density at radius 3 is 2.56 bits per heavy atom. The van der Waals surface area contributed by atoms with E-state index in [2.05, 4.69) is 10.5 Å². The zero-order chi connectivity index (χ0) is 19.2. The maximum Gasteiger partial charge on any atom is 0.245 e. The Morgan fingerprint density at radius 2 is 1.89 bits per heavy atom. The second kappa shape index (κ2) is 8.49. The van der Waals surface area contributed by atoms with Crippen molar-refractivity contribution in [3.05, 3.63) is 65.7 Å². The van der Waals surface area contributed by atoms with E-state index in [1.807, 2.05) is 37.3 Å². The van der Waals surface area contributed by atoms with Crippen LogP contribution in [0.1, 0.15) is 30.9 Å². The van der Waals surface area contributed by atoms with Gasteiger partial charge in [-0.2, -0.15) is 5.10 Å². The predicted octanol–water partition coefficient (Wildman–Crippen LogP) is 2.67. The third-order valence-corrected chi connectivity index (χ3v) is 4.64. The number of phenolic OH excluding ortho intramolecular Hbond substituents is 1. The molecule has 2 N–H and O–H groups in total. The fourth-order valence-electron chi connectivity index (χ4n) is 3.12. The van der Waals surface area contributed by atoms with Gasteiger partial charge in [-0.25, -0.2) is 5.43 Å². The summed E-state index contributed by atoms with van der Waals surface area (Å²) in [4.78, 5) is 26.4. The first-order valence-corrected chi connectivity index (χ1v) is 9.04. The number of carbonyl (C=O) groups is 2. The van der Waals surface area contributed by atoms with E-state index in [0.717, 1.165) is 11.1 Å². The number of nitrogens with zero attached hydrogens (tertiary/aromatic N) is 2. The van der Waals surface area contributed by atoms with Gasteiger partial charge in [0.1, 0.15) is 5.75 Å². The predicted molar refractivity (Wildman–Crippen MR) is 103 cm³/mol. The molecule has 0 aromatic heterocycles. The fourth-order valence-corrected chi connectivity index (χ4v) is 3.12. The van der Waals surface area contributed by atoms with E-state index in [4.69, 9.17) is 0 Å². The minimum atomic E-state index is -0.400. The number of benzene rings is 2. The van der Waals surface area contributed by atoms with E-state index in [0.29, 0.717) is 25.2 Å². The highest BCUT2D eigenvalue weighted by Gasteiger charge is 2.34. The zero-order valence-electron chi connectivity index (χ0n) is 15.3. The van der Waals surface area contributed by atoms with Crippen LogP contribution in [-0.2, 0) is 16.1 Å². The van der Waals surface area contributed by atoms with Gasteiger partial charge in [-0.1, -0.05) is 37.3 Å². The Kier molecular flexibility index (Phi) is 5.86. The van der Waals surface area contributed by atoms with Gasteiger partial charge < -0.3 is 10.0 Å². The molecule has 1 aliphatic rings. The Bertz CT molecular complexity index is 832. The smallest absolute Gasteiger partial charge is 0.245 e. The number of nitrogens with one attached hydrogen (secondary N) is 1. The zero-order valence-corrected chi connectivity index (χ0v) is 15.3. The highest BCUT2D eigenvalue weighted by molar-refractivity contribution is 6.01. The molecule has 3 rings (SSSR count). The summed E-state index contributed by atoms with van der Waals surface area (Å²) in [6, 6.07) is 16.4. The van der Waals surface area contributed by atoms with Gasteiger partial charge in [-0.15, -0.1) is 0 Å². The molecular formula is C21H23N3O3. The van der Waals surface area contributed by atoms with Crippen LogP contribution in [0.4, 0.5) is 0 Å². The molecule has 2 aromatic carbocycles. The van der Waals surface area contributed by atoms with E-state index in [1.54, 1.807) is 29.2 Å². The molecule has 2 aromatic rings. The van der Waals surface area contributed by atoms with E-state index >= 15 is 0 Å². The van der Waals surface area contributed by atoms with Crippen molar-refractivity contribution in [2.24, 2.45) is 11.0 Å². The molecule has 0 bridgehead atoms. The van der Waals surface area contributed by atoms with Gasteiger partial charge in [0, 0.05) is 19.5 Å². The van der Waals surface area contributed by atoms with Crippen LogP contribution in [0.5, 0.6) is 5.75 Å². The van der Waals surface area contributed by atoms with Crippen molar-refractivity contribution in [1.82, 2.24) is 10.3 Å². The molecule has 6 heteroatoms. The third kappa shape index (κ3) is 4.73. The van der Waals surface area contributed by atoms with E-state index in [-0.39, 0.29) is 24.0 Å². The van der Waals surface area contributed by atoms with Crippen molar-refractivity contribution in [2.75, 3.05) is 6.54 Å². The highest BCUT2D eigenvalue weighted by atomic mass is 16.3. The van der Waals surface area contributed by atoms with Gasteiger partial charge in [0.15, 0.2) is 0 Å². The minimum Gasteiger partial charge on any atom is -0.508 e. The summed E-state index contributed by atoms with van der Waals surface area (Å²) in [7, 11) is 0. The lowest BCUT2D eigenvalue weighted by Gasteiger charge is -2.16. The third-order valence-electron chi connectivity index (χ3n) is 4.64. The topological polar surface area (TPSA) is 82.0 Å². The first-order valence-electron chi connectivity index (χ1n) is 9.04. The molecule has 6 nitrogen and oxygen atoms in total.